The number of carboxylic acids is 1. The number of hydrogen-bond acceptors (Lipinski definition) is 5. The van der Waals surface area contributed by atoms with Crippen molar-refractivity contribution in [3.63, 3.8) is 0 Å². The van der Waals surface area contributed by atoms with E-state index in [0.29, 0.717) is 10.2 Å². The van der Waals surface area contributed by atoms with Crippen molar-refractivity contribution in [2.75, 3.05) is 23.3 Å². The van der Waals surface area contributed by atoms with Crippen LogP contribution in [0.1, 0.15) is 15.9 Å². The molecule has 0 aromatic heterocycles. The summed E-state index contributed by atoms with van der Waals surface area (Å²) in [6, 6.07) is 16.9. The molecular weight excluding hydrogens is 512 g/mol. The van der Waals surface area contributed by atoms with Crippen molar-refractivity contribution in [1.29, 1.82) is 0 Å². The maximum atomic E-state index is 13.5. The molecule has 0 spiro atoms. The third-order valence-corrected chi connectivity index (χ3v) is 7.14. The number of nitrogens with one attached hydrogen (secondary N) is 1. The van der Waals surface area contributed by atoms with Crippen LogP contribution in [0.25, 0.3) is 0 Å². The number of carbonyl (C=O) groups excluding carboxylic acids is 1. The first kappa shape index (κ1) is 24.3. The standard InChI is InChI=1S/C23H21BrN2O6S/c1-15-7-9-16(10-8-15)26(33(30,31)17-11-12-21(32-2)19(24)13-17)14-22(27)25-20-6-4-3-5-18(20)23(28)29/h3-13H,14H2,1-2H3,(H,25,27)(H,28,29). The van der Waals surface area contributed by atoms with Gasteiger partial charge in [0.05, 0.1) is 33.4 Å². The van der Waals surface area contributed by atoms with Gasteiger partial charge in [-0.3, -0.25) is 9.10 Å². The minimum absolute atomic E-state index is 0.0468. The number of ether oxygens (including phenoxy) is 1. The number of sulfonamides is 1. The van der Waals surface area contributed by atoms with Gasteiger partial charge in [0.1, 0.15) is 12.3 Å². The molecule has 3 rings (SSSR count). The minimum atomic E-state index is -4.16. The van der Waals surface area contributed by atoms with E-state index in [1.54, 1.807) is 30.3 Å². The Morgan fingerprint density at radius 1 is 1.06 bits per heavy atom. The van der Waals surface area contributed by atoms with E-state index in [-0.39, 0.29) is 21.8 Å². The number of para-hydroxylation sites is 1. The topological polar surface area (TPSA) is 113 Å². The summed E-state index contributed by atoms with van der Waals surface area (Å²) in [5.41, 5.74) is 1.18. The van der Waals surface area contributed by atoms with Crippen LogP contribution in [0.4, 0.5) is 11.4 Å². The molecule has 3 aromatic rings. The van der Waals surface area contributed by atoms with Crippen molar-refractivity contribution in [3.8, 4) is 5.75 Å². The lowest BCUT2D eigenvalue weighted by molar-refractivity contribution is -0.114. The number of amides is 1. The lowest BCUT2D eigenvalue weighted by Gasteiger charge is -2.24. The van der Waals surface area contributed by atoms with Crippen LogP contribution >= 0.6 is 15.9 Å². The summed E-state index contributed by atoms with van der Waals surface area (Å²) in [7, 11) is -2.69. The number of anilines is 2. The molecule has 0 atom stereocenters. The largest absolute Gasteiger partial charge is 0.496 e. The molecule has 0 unspecified atom stereocenters. The number of carbonyl (C=O) groups is 2. The van der Waals surface area contributed by atoms with Gasteiger partial charge in [0.25, 0.3) is 10.0 Å². The third kappa shape index (κ3) is 5.52. The van der Waals surface area contributed by atoms with Gasteiger partial charge in [0.2, 0.25) is 5.91 Å². The first-order chi connectivity index (χ1) is 15.6. The molecule has 0 bridgehead atoms. The van der Waals surface area contributed by atoms with Gasteiger partial charge >= 0.3 is 5.97 Å². The fraction of sp³-hybridized carbons (Fsp3) is 0.130. The number of aryl methyl sites for hydroxylation is 1. The Morgan fingerprint density at radius 2 is 1.73 bits per heavy atom. The fourth-order valence-electron chi connectivity index (χ4n) is 3.06. The van der Waals surface area contributed by atoms with Crippen molar-refractivity contribution in [2.45, 2.75) is 11.8 Å². The van der Waals surface area contributed by atoms with Crippen LogP contribution in [0.2, 0.25) is 0 Å². The van der Waals surface area contributed by atoms with E-state index in [9.17, 15) is 23.1 Å². The van der Waals surface area contributed by atoms with E-state index >= 15 is 0 Å². The highest BCUT2D eigenvalue weighted by atomic mass is 79.9. The molecule has 0 heterocycles. The van der Waals surface area contributed by atoms with E-state index < -0.39 is 28.4 Å². The predicted octanol–water partition coefficient (Wildman–Crippen LogP) is 4.30. The van der Waals surface area contributed by atoms with Crippen molar-refractivity contribution < 1.29 is 27.9 Å². The van der Waals surface area contributed by atoms with Crippen LogP contribution in [0.5, 0.6) is 5.75 Å². The van der Waals surface area contributed by atoms with E-state index in [1.807, 2.05) is 6.92 Å². The van der Waals surface area contributed by atoms with E-state index in [0.717, 1.165) is 9.87 Å². The van der Waals surface area contributed by atoms with Gasteiger partial charge in [-0.25, -0.2) is 13.2 Å². The molecular formula is C23H21BrN2O6S. The molecule has 3 aromatic carbocycles. The van der Waals surface area contributed by atoms with Crippen LogP contribution in [0, 0.1) is 6.92 Å². The van der Waals surface area contributed by atoms with Gasteiger partial charge in [-0.2, -0.15) is 0 Å². The monoisotopic (exact) mass is 532 g/mol. The molecule has 0 aliphatic carbocycles. The number of nitrogens with zero attached hydrogens (tertiary/aromatic N) is 1. The van der Waals surface area contributed by atoms with E-state index in [4.69, 9.17) is 4.74 Å². The van der Waals surface area contributed by atoms with E-state index in [1.165, 1.54) is 43.5 Å². The molecule has 2 N–H and O–H groups in total. The first-order valence-corrected chi connectivity index (χ1v) is 11.9. The quantitative estimate of drug-likeness (QED) is 0.447. The SMILES string of the molecule is COc1ccc(S(=O)(=O)N(CC(=O)Nc2ccccc2C(=O)O)c2ccc(C)cc2)cc1Br. The Labute approximate surface area is 200 Å². The molecule has 1 amide bonds. The summed E-state index contributed by atoms with van der Waals surface area (Å²) in [4.78, 5) is 24.2. The second-order valence-electron chi connectivity index (χ2n) is 7.04. The molecule has 0 radical (unpaired) electrons. The molecule has 8 nitrogen and oxygen atoms in total. The van der Waals surface area contributed by atoms with E-state index in [2.05, 4.69) is 21.2 Å². The lowest BCUT2D eigenvalue weighted by atomic mass is 10.2. The molecule has 0 aliphatic heterocycles. The Kier molecular flexibility index (Phi) is 7.39. The Morgan fingerprint density at radius 3 is 2.33 bits per heavy atom. The highest BCUT2D eigenvalue weighted by Gasteiger charge is 2.28. The average Bonchev–Trinajstić information content (AvgIpc) is 2.78. The van der Waals surface area contributed by atoms with Crippen LogP contribution in [-0.4, -0.2) is 39.1 Å². The van der Waals surface area contributed by atoms with Crippen molar-refractivity contribution in [3.05, 3.63) is 82.3 Å². The zero-order chi connectivity index (χ0) is 24.2. The molecule has 0 saturated carbocycles. The molecule has 10 heteroatoms. The van der Waals surface area contributed by atoms with Crippen molar-refractivity contribution in [1.82, 2.24) is 0 Å². The van der Waals surface area contributed by atoms with Crippen LogP contribution in [0.15, 0.2) is 76.1 Å². The minimum Gasteiger partial charge on any atom is -0.496 e. The van der Waals surface area contributed by atoms with Gasteiger partial charge in [-0.1, -0.05) is 29.8 Å². The molecule has 33 heavy (non-hydrogen) atoms. The zero-order valence-corrected chi connectivity index (χ0v) is 20.2. The number of carboxylic acid groups (broad SMARTS) is 1. The second-order valence-corrected chi connectivity index (χ2v) is 9.76. The second kappa shape index (κ2) is 10.1. The summed E-state index contributed by atoms with van der Waals surface area (Å²) in [5, 5.41) is 11.8. The molecule has 0 fully saturated rings. The van der Waals surface area contributed by atoms with Gasteiger partial charge in [-0.15, -0.1) is 0 Å². The summed E-state index contributed by atoms with van der Waals surface area (Å²) in [6.45, 7) is 1.29. The lowest BCUT2D eigenvalue weighted by Crippen LogP contribution is -2.38. The van der Waals surface area contributed by atoms with Crippen LogP contribution in [-0.2, 0) is 14.8 Å². The van der Waals surface area contributed by atoms with Gasteiger partial charge < -0.3 is 15.2 Å². The number of halogens is 1. The smallest absolute Gasteiger partial charge is 0.337 e. The molecule has 0 aliphatic rings. The van der Waals surface area contributed by atoms with Crippen molar-refractivity contribution in [2.24, 2.45) is 0 Å². The summed E-state index contributed by atoms with van der Waals surface area (Å²) < 4.78 is 33.6. The predicted molar refractivity (Wildman–Crippen MR) is 128 cm³/mol. The summed E-state index contributed by atoms with van der Waals surface area (Å²) in [5.74, 6) is -1.45. The summed E-state index contributed by atoms with van der Waals surface area (Å²) >= 11 is 3.29. The van der Waals surface area contributed by atoms with Gasteiger partial charge in [0.15, 0.2) is 0 Å². The highest BCUT2D eigenvalue weighted by Crippen LogP contribution is 2.31. The van der Waals surface area contributed by atoms with Crippen LogP contribution < -0.4 is 14.4 Å². The van der Waals surface area contributed by atoms with Gasteiger partial charge in [0, 0.05) is 0 Å². The first-order valence-electron chi connectivity index (χ1n) is 9.68. The maximum absolute atomic E-state index is 13.5. The normalized spacial score (nSPS) is 11.0. The Hall–Kier alpha value is -3.37. The number of methoxy groups -OCH3 is 1. The zero-order valence-electron chi connectivity index (χ0n) is 17.8. The number of benzene rings is 3. The highest BCUT2D eigenvalue weighted by molar-refractivity contribution is 9.10. The van der Waals surface area contributed by atoms with Gasteiger partial charge in [-0.05, 0) is 65.3 Å². The number of aromatic carboxylic acids is 1. The maximum Gasteiger partial charge on any atom is 0.337 e. The Bertz CT molecular complexity index is 1290. The molecule has 0 saturated heterocycles. The number of hydrogen-bond donors (Lipinski definition) is 2. The van der Waals surface area contributed by atoms with Crippen molar-refractivity contribution >= 4 is 49.2 Å². The summed E-state index contributed by atoms with van der Waals surface area (Å²) in [6.07, 6.45) is 0. The Balaban J connectivity index is 1.99. The molecule has 172 valence electrons. The van der Waals surface area contributed by atoms with Crippen LogP contribution in [0.3, 0.4) is 0 Å². The third-order valence-electron chi connectivity index (χ3n) is 4.75. The average molecular weight is 533 g/mol. The number of rotatable bonds is 8. The fourth-order valence-corrected chi connectivity index (χ4v) is 5.20.